The summed E-state index contributed by atoms with van der Waals surface area (Å²) >= 11 is 0. The maximum Gasteiger partial charge on any atom is 0.0196 e. The van der Waals surface area contributed by atoms with Crippen LogP contribution in [0.3, 0.4) is 0 Å². The molecule has 2 heteroatoms. The molecule has 1 saturated heterocycles. The summed E-state index contributed by atoms with van der Waals surface area (Å²) in [6, 6.07) is 2.26. The topological polar surface area (TPSA) is 15.3 Å². The van der Waals surface area contributed by atoms with Gasteiger partial charge < -0.3 is 5.32 Å². The van der Waals surface area contributed by atoms with Gasteiger partial charge in [0, 0.05) is 31.2 Å². The highest BCUT2D eigenvalue weighted by Crippen LogP contribution is 2.31. The third-order valence-electron chi connectivity index (χ3n) is 4.94. The van der Waals surface area contributed by atoms with E-state index in [4.69, 9.17) is 0 Å². The monoisotopic (exact) mass is 238 g/mol. The molecule has 0 amide bonds. The van der Waals surface area contributed by atoms with Gasteiger partial charge in [-0.25, -0.2) is 0 Å². The van der Waals surface area contributed by atoms with Crippen LogP contribution in [0.5, 0.6) is 0 Å². The van der Waals surface area contributed by atoms with Gasteiger partial charge in [-0.15, -0.1) is 0 Å². The average molecular weight is 238 g/mol. The van der Waals surface area contributed by atoms with Crippen LogP contribution in [0.15, 0.2) is 0 Å². The van der Waals surface area contributed by atoms with E-state index in [2.05, 4.69) is 31.0 Å². The number of hydrogen-bond donors (Lipinski definition) is 1. The van der Waals surface area contributed by atoms with Gasteiger partial charge >= 0.3 is 0 Å². The molecule has 1 aliphatic carbocycles. The molecule has 2 aliphatic rings. The second-order valence-electron chi connectivity index (χ2n) is 6.22. The van der Waals surface area contributed by atoms with Gasteiger partial charge in [0.05, 0.1) is 0 Å². The van der Waals surface area contributed by atoms with Gasteiger partial charge in [-0.1, -0.05) is 26.2 Å². The molecule has 2 rings (SSSR count). The van der Waals surface area contributed by atoms with Gasteiger partial charge in [-0.2, -0.15) is 0 Å². The Bertz CT molecular complexity index is 223. The third-order valence-corrected chi connectivity index (χ3v) is 4.94. The molecule has 1 aliphatic heterocycles. The Kier molecular flexibility index (Phi) is 4.87. The predicted octanol–water partition coefficient (Wildman–Crippen LogP) is 3.03. The zero-order valence-electron chi connectivity index (χ0n) is 11.9. The van der Waals surface area contributed by atoms with Crippen LogP contribution in [-0.2, 0) is 0 Å². The van der Waals surface area contributed by atoms with E-state index < -0.39 is 0 Å². The van der Waals surface area contributed by atoms with Crippen LogP contribution in [0.25, 0.3) is 0 Å². The molecule has 0 spiro atoms. The largest absolute Gasteiger partial charge is 0.311 e. The lowest BCUT2D eigenvalue weighted by Gasteiger charge is -2.44. The molecule has 1 saturated carbocycles. The Hall–Kier alpha value is -0.0800. The maximum absolute atomic E-state index is 3.70. The Labute approximate surface area is 107 Å². The summed E-state index contributed by atoms with van der Waals surface area (Å²) in [7, 11) is 0. The van der Waals surface area contributed by atoms with Gasteiger partial charge in [0.15, 0.2) is 0 Å². The first kappa shape index (κ1) is 13.4. The molecule has 0 bridgehead atoms. The van der Waals surface area contributed by atoms with Crippen molar-refractivity contribution in [2.24, 2.45) is 5.92 Å². The van der Waals surface area contributed by atoms with E-state index in [0.717, 1.165) is 24.0 Å². The van der Waals surface area contributed by atoms with E-state index in [1.54, 1.807) is 0 Å². The highest BCUT2D eigenvalue weighted by molar-refractivity contribution is 4.89. The molecule has 0 aromatic heterocycles. The van der Waals surface area contributed by atoms with E-state index in [-0.39, 0.29) is 0 Å². The lowest BCUT2D eigenvalue weighted by Crippen LogP contribution is -2.59. The molecule has 0 aromatic rings. The normalized spacial score (nSPS) is 34.1. The second-order valence-corrected chi connectivity index (χ2v) is 6.22. The Morgan fingerprint density at radius 1 is 1.29 bits per heavy atom. The van der Waals surface area contributed by atoms with Crippen molar-refractivity contribution >= 4 is 0 Å². The van der Waals surface area contributed by atoms with Crippen LogP contribution < -0.4 is 5.32 Å². The molecule has 3 atom stereocenters. The quantitative estimate of drug-likeness (QED) is 0.810. The zero-order chi connectivity index (χ0) is 12.3. The summed E-state index contributed by atoms with van der Waals surface area (Å²) < 4.78 is 0. The second kappa shape index (κ2) is 6.19. The van der Waals surface area contributed by atoms with Crippen LogP contribution in [0, 0.1) is 5.92 Å². The molecular formula is C15H30N2. The maximum atomic E-state index is 3.70. The molecule has 1 heterocycles. The minimum absolute atomic E-state index is 0.721. The predicted molar refractivity (Wildman–Crippen MR) is 74.3 cm³/mol. The molecule has 0 radical (unpaired) electrons. The van der Waals surface area contributed by atoms with E-state index in [1.807, 2.05) is 0 Å². The van der Waals surface area contributed by atoms with E-state index in [0.29, 0.717) is 0 Å². The highest BCUT2D eigenvalue weighted by atomic mass is 15.2. The van der Waals surface area contributed by atoms with Gasteiger partial charge in [0.1, 0.15) is 0 Å². The summed E-state index contributed by atoms with van der Waals surface area (Å²) in [6.07, 6.45) is 8.51. The Morgan fingerprint density at radius 2 is 2.00 bits per heavy atom. The lowest BCUT2D eigenvalue weighted by atomic mass is 9.94. The molecule has 2 fully saturated rings. The van der Waals surface area contributed by atoms with Crippen LogP contribution in [0.4, 0.5) is 0 Å². The molecule has 0 aromatic carbocycles. The molecule has 100 valence electrons. The first-order valence-electron chi connectivity index (χ1n) is 7.71. The van der Waals surface area contributed by atoms with Crippen molar-refractivity contribution in [2.75, 3.05) is 13.1 Å². The van der Waals surface area contributed by atoms with Crippen molar-refractivity contribution in [1.82, 2.24) is 10.2 Å². The molecular weight excluding hydrogens is 208 g/mol. The van der Waals surface area contributed by atoms with Crippen LogP contribution in [-0.4, -0.2) is 36.1 Å². The van der Waals surface area contributed by atoms with E-state index in [9.17, 15) is 0 Å². The fourth-order valence-electron chi connectivity index (χ4n) is 3.77. The Morgan fingerprint density at radius 3 is 2.65 bits per heavy atom. The molecule has 1 N–H and O–H groups in total. The first-order valence-corrected chi connectivity index (χ1v) is 7.71. The highest BCUT2D eigenvalue weighted by Gasteiger charge is 2.32. The van der Waals surface area contributed by atoms with Crippen molar-refractivity contribution in [2.45, 2.75) is 77.4 Å². The van der Waals surface area contributed by atoms with Crippen molar-refractivity contribution in [3.63, 3.8) is 0 Å². The van der Waals surface area contributed by atoms with Crippen molar-refractivity contribution in [1.29, 1.82) is 0 Å². The minimum atomic E-state index is 0.721. The summed E-state index contributed by atoms with van der Waals surface area (Å²) in [5.41, 5.74) is 0. The summed E-state index contributed by atoms with van der Waals surface area (Å²) in [5, 5.41) is 3.70. The SMILES string of the molecule is CCCC1CN(C(C)C2CCCC2)C(C)CN1. The fraction of sp³-hybridized carbons (Fsp3) is 1.00. The van der Waals surface area contributed by atoms with Crippen molar-refractivity contribution in [3.8, 4) is 0 Å². The summed E-state index contributed by atoms with van der Waals surface area (Å²) in [4.78, 5) is 2.78. The van der Waals surface area contributed by atoms with Gasteiger partial charge in [-0.05, 0) is 39.0 Å². The number of piperazine rings is 1. The number of nitrogens with zero attached hydrogens (tertiary/aromatic N) is 1. The van der Waals surface area contributed by atoms with E-state index in [1.165, 1.54) is 51.6 Å². The zero-order valence-corrected chi connectivity index (χ0v) is 11.9. The lowest BCUT2D eigenvalue weighted by molar-refractivity contribution is 0.0670. The Balaban J connectivity index is 1.91. The molecule has 3 unspecified atom stereocenters. The summed E-state index contributed by atoms with van der Waals surface area (Å²) in [5.74, 6) is 0.970. The van der Waals surface area contributed by atoms with E-state index >= 15 is 0 Å². The number of rotatable bonds is 4. The number of nitrogens with one attached hydrogen (secondary N) is 1. The van der Waals surface area contributed by atoms with Gasteiger partial charge in [0.25, 0.3) is 0 Å². The van der Waals surface area contributed by atoms with Crippen LogP contribution >= 0.6 is 0 Å². The smallest absolute Gasteiger partial charge is 0.0196 e. The van der Waals surface area contributed by atoms with Crippen LogP contribution in [0.1, 0.15) is 59.3 Å². The number of hydrogen-bond acceptors (Lipinski definition) is 2. The summed E-state index contributed by atoms with van der Waals surface area (Å²) in [6.45, 7) is 9.61. The van der Waals surface area contributed by atoms with Crippen molar-refractivity contribution < 1.29 is 0 Å². The van der Waals surface area contributed by atoms with Gasteiger partial charge in [-0.3, -0.25) is 4.90 Å². The first-order chi connectivity index (χ1) is 8.22. The van der Waals surface area contributed by atoms with Gasteiger partial charge in [0.2, 0.25) is 0 Å². The average Bonchev–Trinajstić information content (AvgIpc) is 2.85. The molecule has 17 heavy (non-hydrogen) atoms. The molecule has 2 nitrogen and oxygen atoms in total. The van der Waals surface area contributed by atoms with Crippen molar-refractivity contribution in [3.05, 3.63) is 0 Å². The van der Waals surface area contributed by atoms with Crippen LogP contribution in [0.2, 0.25) is 0 Å². The fourth-order valence-corrected chi connectivity index (χ4v) is 3.77. The standard InChI is InChI=1S/C15H30N2/c1-4-7-15-11-17(12(2)10-16-15)13(3)14-8-5-6-9-14/h12-16H,4-11H2,1-3H3. The minimum Gasteiger partial charge on any atom is -0.311 e. The third kappa shape index (κ3) is 3.23.